The van der Waals surface area contributed by atoms with Crippen molar-refractivity contribution < 1.29 is 5.11 Å². The highest BCUT2D eigenvalue weighted by Gasteiger charge is 2.21. The van der Waals surface area contributed by atoms with E-state index in [2.05, 4.69) is 28.9 Å². The molecule has 0 saturated carbocycles. The van der Waals surface area contributed by atoms with Crippen LogP contribution in [0.3, 0.4) is 0 Å². The summed E-state index contributed by atoms with van der Waals surface area (Å²) in [4.78, 5) is 8.97. The Balaban J connectivity index is 1.97. The third-order valence-electron chi connectivity index (χ3n) is 3.62. The van der Waals surface area contributed by atoms with Gasteiger partial charge in [0.15, 0.2) is 0 Å². The second-order valence-corrected chi connectivity index (χ2v) is 5.86. The maximum atomic E-state index is 9.21. The first-order valence-corrected chi connectivity index (χ1v) is 7.14. The lowest BCUT2D eigenvalue weighted by atomic mass is 9.96. The van der Waals surface area contributed by atoms with Crippen molar-refractivity contribution in [3.8, 4) is 0 Å². The largest absolute Gasteiger partial charge is 0.390 e. The summed E-state index contributed by atoms with van der Waals surface area (Å²) >= 11 is 5.97. The van der Waals surface area contributed by atoms with E-state index < -0.39 is 0 Å². The number of piperidine rings is 1. The molecule has 0 bridgehead atoms. The van der Waals surface area contributed by atoms with Gasteiger partial charge in [-0.1, -0.05) is 11.6 Å². The van der Waals surface area contributed by atoms with Gasteiger partial charge in [-0.15, -0.1) is 0 Å². The highest BCUT2D eigenvalue weighted by Crippen LogP contribution is 2.24. The van der Waals surface area contributed by atoms with E-state index in [0.717, 1.165) is 31.4 Å². The minimum Gasteiger partial charge on any atom is -0.390 e. The molecule has 0 aliphatic carbocycles. The predicted octanol–water partition coefficient (Wildman–Crippen LogP) is 2.01. The molecule has 1 saturated heterocycles. The Bertz CT molecular complexity index is 417. The van der Waals surface area contributed by atoms with E-state index in [4.69, 9.17) is 11.6 Å². The third kappa shape index (κ3) is 3.81. The summed E-state index contributed by atoms with van der Waals surface area (Å²) in [5.41, 5.74) is 0.564. The van der Waals surface area contributed by atoms with Crippen LogP contribution in [0.15, 0.2) is 12.1 Å². The van der Waals surface area contributed by atoms with Crippen LogP contribution in [0.1, 0.15) is 18.5 Å². The lowest BCUT2D eigenvalue weighted by Gasteiger charge is -2.34. The van der Waals surface area contributed by atoms with Crippen LogP contribution in [0.25, 0.3) is 0 Å². The maximum Gasteiger partial charge on any atom is 0.129 e. The number of anilines is 1. The summed E-state index contributed by atoms with van der Waals surface area (Å²) in [7, 11) is 4.25. The van der Waals surface area contributed by atoms with Crippen LogP contribution in [0, 0.1) is 5.92 Å². The Hall–Kier alpha value is -0.840. The minimum absolute atomic E-state index is 0.107. The van der Waals surface area contributed by atoms with E-state index in [1.165, 1.54) is 12.8 Å². The number of nitrogens with zero attached hydrogens (tertiary/aromatic N) is 3. The SMILES string of the molecule is CN(C)CC1CCN(c2ccc(Cl)c(CO)n2)CC1. The van der Waals surface area contributed by atoms with Gasteiger partial charge in [0.2, 0.25) is 0 Å². The molecular weight excluding hydrogens is 262 g/mol. The molecule has 19 heavy (non-hydrogen) atoms. The number of rotatable bonds is 4. The molecule has 0 radical (unpaired) electrons. The number of aromatic nitrogens is 1. The quantitative estimate of drug-likeness (QED) is 0.918. The van der Waals surface area contributed by atoms with Crippen molar-refractivity contribution in [3.05, 3.63) is 22.8 Å². The summed E-state index contributed by atoms with van der Waals surface area (Å²) < 4.78 is 0. The van der Waals surface area contributed by atoms with E-state index in [0.29, 0.717) is 10.7 Å². The van der Waals surface area contributed by atoms with Gasteiger partial charge >= 0.3 is 0 Å². The molecule has 0 atom stereocenters. The van der Waals surface area contributed by atoms with Crippen molar-refractivity contribution in [2.24, 2.45) is 5.92 Å². The molecule has 1 aromatic heterocycles. The van der Waals surface area contributed by atoms with Crippen molar-refractivity contribution in [1.29, 1.82) is 0 Å². The average Bonchev–Trinajstić information content (AvgIpc) is 2.40. The zero-order valence-electron chi connectivity index (χ0n) is 11.6. The second kappa shape index (κ2) is 6.55. The Kier molecular flexibility index (Phi) is 5.02. The zero-order chi connectivity index (χ0) is 13.8. The van der Waals surface area contributed by atoms with Crippen LogP contribution < -0.4 is 4.90 Å². The van der Waals surface area contributed by atoms with E-state index in [-0.39, 0.29) is 6.61 Å². The molecule has 0 aromatic carbocycles. The fraction of sp³-hybridized carbons (Fsp3) is 0.643. The molecule has 106 valence electrons. The fourth-order valence-corrected chi connectivity index (χ4v) is 2.79. The molecule has 0 unspecified atom stereocenters. The average molecular weight is 284 g/mol. The first kappa shape index (κ1) is 14.6. The van der Waals surface area contributed by atoms with Gasteiger partial charge in [0.25, 0.3) is 0 Å². The zero-order valence-corrected chi connectivity index (χ0v) is 12.4. The Labute approximate surface area is 120 Å². The highest BCUT2D eigenvalue weighted by molar-refractivity contribution is 6.31. The Morgan fingerprint density at radius 2 is 2.05 bits per heavy atom. The summed E-state index contributed by atoms with van der Waals surface area (Å²) in [5, 5.41) is 9.75. The molecule has 5 heteroatoms. The van der Waals surface area contributed by atoms with E-state index >= 15 is 0 Å². The van der Waals surface area contributed by atoms with Crippen LogP contribution >= 0.6 is 11.6 Å². The van der Waals surface area contributed by atoms with Gasteiger partial charge in [-0.2, -0.15) is 0 Å². The first-order valence-electron chi connectivity index (χ1n) is 6.76. The fourth-order valence-electron chi connectivity index (χ4n) is 2.62. The summed E-state index contributed by atoms with van der Waals surface area (Å²) in [6, 6.07) is 3.76. The van der Waals surface area contributed by atoms with Gasteiger partial charge in [-0.25, -0.2) is 4.98 Å². The smallest absolute Gasteiger partial charge is 0.129 e. The lowest BCUT2D eigenvalue weighted by Crippen LogP contribution is -2.37. The normalized spacial score (nSPS) is 17.2. The number of hydrogen-bond acceptors (Lipinski definition) is 4. The summed E-state index contributed by atoms with van der Waals surface area (Å²) in [6.45, 7) is 3.10. The van der Waals surface area contributed by atoms with Gasteiger partial charge in [0.05, 0.1) is 17.3 Å². The molecule has 1 aliphatic rings. The standard InChI is InChI=1S/C14H22ClN3O/c1-17(2)9-11-5-7-18(8-6-11)14-4-3-12(15)13(10-19)16-14/h3-4,11,19H,5-10H2,1-2H3. The molecule has 2 rings (SSSR count). The summed E-state index contributed by atoms with van der Waals surface area (Å²) in [6.07, 6.45) is 2.38. The molecule has 0 amide bonds. The number of halogens is 1. The van der Waals surface area contributed by atoms with Crippen molar-refractivity contribution in [2.45, 2.75) is 19.4 Å². The number of aliphatic hydroxyl groups excluding tert-OH is 1. The van der Waals surface area contributed by atoms with E-state index in [9.17, 15) is 5.11 Å². The van der Waals surface area contributed by atoms with Crippen molar-refractivity contribution in [2.75, 3.05) is 38.6 Å². The van der Waals surface area contributed by atoms with E-state index in [1.54, 1.807) is 0 Å². The number of hydrogen-bond donors (Lipinski definition) is 1. The molecule has 1 aromatic rings. The Morgan fingerprint density at radius 3 is 2.63 bits per heavy atom. The first-order chi connectivity index (χ1) is 9.10. The van der Waals surface area contributed by atoms with Crippen LogP contribution in [-0.2, 0) is 6.61 Å². The van der Waals surface area contributed by atoms with Crippen molar-refractivity contribution in [3.63, 3.8) is 0 Å². The summed E-state index contributed by atoms with van der Waals surface area (Å²) in [5.74, 6) is 1.70. The van der Waals surface area contributed by atoms with Gasteiger partial charge < -0.3 is 14.9 Å². The molecule has 0 spiro atoms. The topological polar surface area (TPSA) is 39.6 Å². The van der Waals surface area contributed by atoms with Crippen LogP contribution in [-0.4, -0.2) is 48.7 Å². The molecular formula is C14H22ClN3O. The number of pyridine rings is 1. The van der Waals surface area contributed by atoms with Crippen molar-refractivity contribution in [1.82, 2.24) is 9.88 Å². The van der Waals surface area contributed by atoms with Crippen LogP contribution in [0.2, 0.25) is 5.02 Å². The van der Waals surface area contributed by atoms with Gasteiger partial charge in [0.1, 0.15) is 5.82 Å². The van der Waals surface area contributed by atoms with Gasteiger partial charge in [-0.05, 0) is 45.0 Å². The lowest BCUT2D eigenvalue weighted by molar-refractivity contribution is 0.276. The molecule has 1 fully saturated rings. The Morgan fingerprint density at radius 1 is 1.37 bits per heavy atom. The minimum atomic E-state index is -0.107. The van der Waals surface area contributed by atoms with Crippen LogP contribution in [0.4, 0.5) is 5.82 Å². The molecule has 2 heterocycles. The highest BCUT2D eigenvalue weighted by atomic mass is 35.5. The van der Waals surface area contributed by atoms with E-state index in [1.807, 2.05) is 12.1 Å². The second-order valence-electron chi connectivity index (χ2n) is 5.45. The number of aliphatic hydroxyl groups is 1. The van der Waals surface area contributed by atoms with Gasteiger partial charge in [0, 0.05) is 19.6 Å². The third-order valence-corrected chi connectivity index (χ3v) is 3.96. The maximum absolute atomic E-state index is 9.21. The monoisotopic (exact) mass is 283 g/mol. The van der Waals surface area contributed by atoms with Gasteiger partial charge in [-0.3, -0.25) is 0 Å². The molecule has 1 N–H and O–H groups in total. The molecule has 4 nitrogen and oxygen atoms in total. The predicted molar refractivity (Wildman–Crippen MR) is 78.7 cm³/mol. The van der Waals surface area contributed by atoms with Crippen LogP contribution in [0.5, 0.6) is 0 Å². The molecule has 1 aliphatic heterocycles. The van der Waals surface area contributed by atoms with Crippen molar-refractivity contribution >= 4 is 17.4 Å².